The molecule has 0 unspecified atom stereocenters. The largest absolute Gasteiger partial charge is 0.490 e. The topological polar surface area (TPSA) is 55.8 Å². The molecule has 4 nitrogen and oxygen atoms in total. The average Bonchev–Trinajstić information content (AvgIpc) is 2.28. The first-order chi connectivity index (χ1) is 7.74. The number of ether oxygens (including phenoxy) is 2. The number of benzene rings is 1. The summed E-state index contributed by atoms with van der Waals surface area (Å²) < 4.78 is 10.6. The summed E-state index contributed by atoms with van der Waals surface area (Å²) in [6, 6.07) is 7.08. The van der Waals surface area contributed by atoms with E-state index in [0.717, 1.165) is 12.8 Å². The molecule has 0 saturated heterocycles. The maximum Gasteiger partial charge on any atom is 0.341 e. The molecule has 1 rings (SSSR count). The summed E-state index contributed by atoms with van der Waals surface area (Å²) in [5, 5.41) is 8.51. The molecule has 0 aliphatic rings. The molecule has 0 fully saturated rings. The van der Waals surface area contributed by atoms with Crippen molar-refractivity contribution in [2.75, 3.05) is 13.2 Å². The molecular formula is C12H16O4. The first-order valence-corrected chi connectivity index (χ1v) is 5.30. The van der Waals surface area contributed by atoms with Gasteiger partial charge in [0.05, 0.1) is 6.61 Å². The molecular weight excluding hydrogens is 208 g/mol. The molecule has 0 amide bonds. The van der Waals surface area contributed by atoms with E-state index in [4.69, 9.17) is 14.6 Å². The number of unbranched alkanes of at least 4 members (excludes halogenated alkanes) is 1. The molecule has 1 aromatic rings. The van der Waals surface area contributed by atoms with Crippen molar-refractivity contribution in [2.24, 2.45) is 0 Å². The van der Waals surface area contributed by atoms with Crippen molar-refractivity contribution in [3.05, 3.63) is 24.3 Å². The molecule has 0 aromatic heterocycles. The zero-order chi connectivity index (χ0) is 11.8. The maximum absolute atomic E-state index is 10.4. The maximum atomic E-state index is 10.4. The number of hydrogen-bond donors (Lipinski definition) is 1. The summed E-state index contributed by atoms with van der Waals surface area (Å²) >= 11 is 0. The third kappa shape index (κ3) is 4.21. The van der Waals surface area contributed by atoms with Crippen LogP contribution in [0.5, 0.6) is 11.5 Å². The monoisotopic (exact) mass is 224 g/mol. The van der Waals surface area contributed by atoms with Gasteiger partial charge in [0.2, 0.25) is 0 Å². The van der Waals surface area contributed by atoms with Gasteiger partial charge in [-0.25, -0.2) is 4.79 Å². The molecule has 4 heteroatoms. The molecule has 0 atom stereocenters. The minimum absolute atomic E-state index is 0.353. The van der Waals surface area contributed by atoms with Gasteiger partial charge in [-0.05, 0) is 18.6 Å². The van der Waals surface area contributed by atoms with Gasteiger partial charge in [0.25, 0.3) is 0 Å². The lowest BCUT2D eigenvalue weighted by Gasteiger charge is -2.10. The van der Waals surface area contributed by atoms with Crippen molar-refractivity contribution in [1.29, 1.82) is 0 Å². The number of carboxylic acid groups (broad SMARTS) is 1. The van der Waals surface area contributed by atoms with Crippen molar-refractivity contribution >= 4 is 5.97 Å². The van der Waals surface area contributed by atoms with Crippen LogP contribution in [0.2, 0.25) is 0 Å². The van der Waals surface area contributed by atoms with Gasteiger partial charge in [0.15, 0.2) is 18.1 Å². The van der Waals surface area contributed by atoms with E-state index in [1.54, 1.807) is 18.2 Å². The summed E-state index contributed by atoms with van der Waals surface area (Å²) in [5.74, 6) is 0.0709. The Hall–Kier alpha value is -1.71. The molecule has 0 bridgehead atoms. The van der Waals surface area contributed by atoms with Crippen LogP contribution in [-0.4, -0.2) is 24.3 Å². The first-order valence-electron chi connectivity index (χ1n) is 5.30. The molecule has 0 aliphatic heterocycles. The molecule has 0 heterocycles. The van der Waals surface area contributed by atoms with E-state index >= 15 is 0 Å². The highest BCUT2D eigenvalue weighted by atomic mass is 16.5. The minimum Gasteiger partial charge on any atom is -0.490 e. The SMILES string of the molecule is CCCCOc1ccccc1OCC(=O)O. The number of para-hydroxylation sites is 2. The lowest BCUT2D eigenvalue weighted by Crippen LogP contribution is -2.10. The summed E-state index contributed by atoms with van der Waals surface area (Å²) in [6.07, 6.45) is 2.02. The van der Waals surface area contributed by atoms with Gasteiger partial charge < -0.3 is 14.6 Å². The highest BCUT2D eigenvalue weighted by Crippen LogP contribution is 2.26. The molecule has 16 heavy (non-hydrogen) atoms. The van der Waals surface area contributed by atoms with Gasteiger partial charge in [0, 0.05) is 0 Å². The summed E-state index contributed by atoms with van der Waals surface area (Å²) in [7, 11) is 0. The highest BCUT2D eigenvalue weighted by Gasteiger charge is 2.05. The zero-order valence-electron chi connectivity index (χ0n) is 9.31. The third-order valence-corrected chi connectivity index (χ3v) is 1.96. The van der Waals surface area contributed by atoms with E-state index in [9.17, 15) is 4.79 Å². The van der Waals surface area contributed by atoms with E-state index in [0.29, 0.717) is 18.1 Å². The third-order valence-electron chi connectivity index (χ3n) is 1.96. The molecule has 1 aromatic carbocycles. The lowest BCUT2D eigenvalue weighted by atomic mass is 10.3. The van der Waals surface area contributed by atoms with Crippen molar-refractivity contribution in [3.63, 3.8) is 0 Å². The second kappa shape index (κ2) is 6.71. The molecule has 0 saturated carbocycles. The standard InChI is InChI=1S/C12H16O4/c1-2-3-8-15-10-6-4-5-7-11(10)16-9-12(13)14/h4-7H,2-3,8-9H2,1H3,(H,13,14). The first kappa shape index (κ1) is 12.4. The summed E-state index contributed by atoms with van der Waals surface area (Å²) in [6.45, 7) is 2.34. The van der Waals surface area contributed by atoms with Crippen molar-refractivity contribution in [3.8, 4) is 11.5 Å². The van der Waals surface area contributed by atoms with E-state index in [1.807, 2.05) is 6.07 Å². The van der Waals surface area contributed by atoms with Gasteiger partial charge in [0.1, 0.15) is 0 Å². The Morgan fingerprint density at radius 2 is 1.88 bits per heavy atom. The predicted octanol–water partition coefficient (Wildman–Crippen LogP) is 2.33. The molecule has 0 radical (unpaired) electrons. The van der Waals surface area contributed by atoms with Crippen LogP contribution < -0.4 is 9.47 Å². The second-order valence-corrected chi connectivity index (χ2v) is 3.33. The van der Waals surface area contributed by atoms with Crippen LogP contribution in [0.1, 0.15) is 19.8 Å². The van der Waals surface area contributed by atoms with E-state index in [1.165, 1.54) is 0 Å². The number of aliphatic carboxylic acids is 1. The Morgan fingerprint density at radius 1 is 1.25 bits per heavy atom. The highest BCUT2D eigenvalue weighted by molar-refractivity contribution is 5.68. The fourth-order valence-corrected chi connectivity index (χ4v) is 1.15. The van der Waals surface area contributed by atoms with Gasteiger partial charge in [-0.1, -0.05) is 25.5 Å². The zero-order valence-corrected chi connectivity index (χ0v) is 9.31. The number of carbonyl (C=O) groups is 1. The smallest absolute Gasteiger partial charge is 0.341 e. The fraction of sp³-hybridized carbons (Fsp3) is 0.417. The van der Waals surface area contributed by atoms with Crippen molar-refractivity contribution in [1.82, 2.24) is 0 Å². The molecule has 1 N–H and O–H groups in total. The van der Waals surface area contributed by atoms with Crippen LogP contribution in [0.25, 0.3) is 0 Å². The van der Waals surface area contributed by atoms with Crippen molar-refractivity contribution in [2.45, 2.75) is 19.8 Å². The van der Waals surface area contributed by atoms with E-state index in [2.05, 4.69) is 6.92 Å². The van der Waals surface area contributed by atoms with Crippen LogP contribution in [0, 0.1) is 0 Å². The van der Waals surface area contributed by atoms with Gasteiger partial charge in [-0.2, -0.15) is 0 Å². The fourth-order valence-electron chi connectivity index (χ4n) is 1.15. The van der Waals surface area contributed by atoms with Crippen LogP contribution in [0.3, 0.4) is 0 Å². The molecule has 0 aliphatic carbocycles. The van der Waals surface area contributed by atoms with Crippen LogP contribution >= 0.6 is 0 Å². The Bertz CT molecular complexity index is 336. The molecule has 88 valence electrons. The summed E-state index contributed by atoms with van der Waals surface area (Å²) in [5.41, 5.74) is 0. The van der Waals surface area contributed by atoms with Gasteiger partial charge >= 0.3 is 5.97 Å². The number of hydrogen-bond acceptors (Lipinski definition) is 3. The summed E-state index contributed by atoms with van der Waals surface area (Å²) in [4.78, 5) is 10.4. The number of carboxylic acids is 1. The predicted molar refractivity (Wildman–Crippen MR) is 60.0 cm³/mol. The van der Waals surface area contributed by atoms with Gasteiger partial charge in [-0.3, -0.25) is 0 Å². The quantitative estimate of drug-likeness (QED) is 0.722. The Kier molecular flexibility index (Phi) is 5.19. The molecule has 0 spiro atoms. The van der Waals surface area contributed by atoms with E-state index < -0.39 is 5.97 Å². The van der Waals surface area contributed by atoms with Crippen LogP contribution in [0.15, 0.2) is 24.3 Å². The second-order valence-electron chi connectivity index (χ2n) is 3.33. The van der Waals surface area contributed by atoms with E-state index in [-0.39, 0.29) is 6.61 Å². The average molecular weight is 224 g/mol. The normalized spacial score (nSPS) is 9.81. The Labute approximate surface area is 94.8 Å². The Balaban J connectivity index is 2.56. The minimum atomic E-state index is -0.997. The van der Waals surface area contributed by atoms with Crippen LogP contribution in [0.4, 0.5) is 0 Å². The lowest BCUT2D eigenvalue weighted by molar-refractivity contribution is -0.139. The number of rotatable bonds is 7. The van der Waals surface area contributed by atoms with Crippen molar-refractivity contribution < 1.29 is 19.4 Å². The van der Waals surface area contributed by atoms with Gasteiger partial charge in [-0.15, -0.1) is 0 Å². The van der Waals surface area contributed by atoms with Crippen LogP contribution in [-0.2, 0) is 4.79 Å². The Morgan fingerprint density at radius 3 is 2.44 bits per heavy atom.